The number of amides is 2. The number of benzene rings is 1. The number of nitrogens with zero attached hydrogens (tertiary/aromatic N) is 3. The normalized spacial score (nSPS) is 10.2. The minimum absolute atomic E-state index is 0.366. The van der Waals surface area contributed by atoms with Crippen molar-refractivity contribution in [3.63, 3.8) is 0 Å². The maximum absolute atomic E-state index is 12.2. The summed E-state index contributed by atoms with van der Waals surface area (Å²) in [5.74, 6) is 1.47. The van der Waals surface area contributed by atoms with Crippen LogP contribution in [-0.4, -0.2) is 21.0 Å². The molecule has 0 atom stereocenters. The minimum atomic E-state index is -0.431. The summed E-state index contributed by atoms with van der Waals surface area (Å²) in [7, 11) is 0. The van der Waals surface area contributed by atoms with Gasteiger partial charge in [-0.25, -0.2) is 9.78 Å². The standard InChI is InChI=1S/C18H17N5O2/c1-12-5-6-16(25-14-4-3-7-19-10-14)15(8-12)22-18(24)23-17-11-20-13(2)9-21-17/h3-11H,1-2H3,(H2,21,22,23,24). The summed E-state index contributed by atoms with van der Waals surface area (Å²) in [5.41, 5.74) is 2.31. The Kier molecular flexibility index (Phi) is 4.84. The molecule has 2 heterocycles. The first-order valence-electron chi connectivity index (χ1n) is 7.65. The molecule has 2 amide bonds. The van der Waals surface area contributed by atoms with E-state index in [9.17, 15) is 4.79 Å². The second-order valence-electron chi connectivity index (χ2n) is 5.41. The maximum atomic E-state index is 12.2. The molecule has 0 spiro atoms. The Hall–Kier alpha value is -3.48. The second-order valence-corrected chi connectivity index (χ2v) is 5.41. The molecule has 126 valence electrons. The molecule has 0 aliphatic heterocycles. The number of anilines is 2. The lowest BCUT2D eigenvalue weighted by molar-refractivity contribution is 0.262. The number of hydrogen-bond acceptors (Lipinski definition) is 5. The van der Waals surface area contributed by atoms with Crippen molar-refractivity contribution in [3.05, 3.63) is 66.4 Å². The largest absolute Gasteiger partial charge is 0.454 e. The summed E-state index contributed by atoms with van der Waals surface area (Å²) in [6.07, 6.45) is 6.35. The molecule has 25 heavy (non-hydrogen) atoms. The summed E-state index contributed by atoms with van der Waals surface area (Å²) in [4.78, 5) is 24.4. The molecule has 0 aliphatic carbocycles. The van der Waals surface area contributed by atoms with Gasteiger partial charge in [-0.2, -0.15) is 0 Å². The van der Waals surface area contributed by atoms with Gasteiger partial charge < -0.3 is 10.1 Å². The highest BCUT2D eigenvalue weighted by Gasteiger charge is 2.10. The Balaban J connectivity index is 1.75. The van der Waals surface area contributed by atoms with Gasteiger partial charge in [-0.05, 0) is 43.7 Å². The minimum Gasteiger partial charge on any atom is -0.454 e. The predicted molar refractivity (Wildman–Crippen MR) is 94.9 cm³/mol. The fraction of sp³-hybridized carbons (Fsp3) is 0.111. The maximum Gasteiger partial charge on any atom is 0.325 e. The van der Waals surface area contributed by atoms with Crippen LogP contribution in [0.5, 0.6) is 11.5 Å². The molecule has 0 saturated heterocycles. The fourth-order valence-corrected chi connectivity index (χ4v) is 2.09. The zero-order chi connectivity index (χ0) is 17.6. The van der Waals surface area contributed by atoms with Crippen molar-refractivity contribution in [3.8, 4) is 11.5 Å². The van der Waals surface area contributed by atoms with E-state index in [4.69, 9.17) is 4.74 Å². The van der Waals surface area contributed by atoms with Gasteiger partial charge in [-0.3, -0.25) is 15.3 Å². The molecule has 3 aromatic rings. The van der Waals surface area contributed by atoms with Gasteiger partial charge in [0, 0.05) is 6.20 Å². The molecule has 2 N–H and O–H groups in total. The molecule has 7 nitrogen and oxygen atoms in total. The average molecular weight is 335 g/mol. The number of carbonyl (C=O) groups excluding carboxylic acids is 1. The summed E-state index contributed by atoms with van der Waals surface area (Å²) < 4.78 is 5.80. The number of urea groups is 1. The molecular formula is C18H17N5O2. The van der Waals surface area contributed by atoms with Gasteiger partial charge in [0.1, 0.15) is 5.75 Å². The first-order valence-corrected chi connectivity index (χ1v) is 7.65. The zero-order valence-corrected chi connectivity index (χ0v) is 13.9. The lowest BCUT2D eigenvalue weighted by atomic mass is 10.2. The summed E-state index contributed by atoms with van der Waals surface area (Å²) in [6, 6.07) is 8.66. The Morgan fingerprint density at radius 1 is 1.04 bits per heavy atom. The Bertz CT molecular complexity index is 866. The lowest BCUT2D eigenvalue weighted by Gasteiger charge is -2.13. The van der Waals surface area contributed by atoms with E-state index in [1.54, 1.807) is 36.8 Å². The Morgan fingerprint density at radius 3 is 2.64 bits per heavy atom. The molecule has 0 radical (unpaired) electrons. The smallest absolute Gasteiger partial charge is 0.325 e. The summed E-state index contributed by atoms with van der Waals surface area (Å²) in [5, 5.41) is 5.41. The van der Waals surface area contributed by atoms with Gasteiger partial charge >= 0.3 is 6.03 Å². The summed E-state index contributed by atoms with van der Waals surface area (Å²) in [6.45, 7) is 3.76. The number of hydrogen-bond donors (Lipinski definition) is 2. The monoisotopic (exact) mass is 335 g/mol. The van der Waals surface area contributed by atoms with Crippen LogP contribution in [0.1, 0.15) is 11.3 Å². The van der Waals surface area contributed by atoms with E-state index < -0.39 is 6.03 Å². The van der Waals surface area contributed by atoms with Crippen LogP contribution < -0.4 is 15.4 Å². The highest BCUT2D eigenvalue weighted by Crippen LogP contribution is 2.30. The van der Waals surface area contributed by atoms with Crippen molar-refractivity contribution in [2.24, 2.45) is 0 Å². The van der Waals surface area contributed by atoms with Crippen molar-refractivity contribution in [2.75, 3.05) is 10.6 Å². The molecule has 0 saturated carbocycles. The van der Waals surface area contributed by atoms with Gasteiger partial charge in [-0.15, -0.1) is 0 Å². The molecule has 0 bridgehead atoms. The summed E-state index contributed by atoms with van der Waals surface area (Å²) >= 11 is 0. The van der Waals surface area contributed by atoms with E-state index in [1.807, 2.05) is 26.0 Å². The highest BCUT2D eigenvalue weighted by atomic mass is 16.5. The van der Waals surface area contributed by atoms with Gasteiger partial charge in [0.2, 0.25) is 0 Å². The van der Waals surface area contributed by atoms with Gasteiger partial charge in [0.25, 0.3) is 0 Å². The quantitative estimate of drug-likeness (QED) is 0.754. The van der Waals surface area contributed by atoms with Crippen LogP contribution in [0.25, 0.3) is 0 Å². The zero-order valence-electron chi connectivity index (χ0n) is 13.9. The molecule has 0 fully saturated rings. The van der Waals surface area contributed by atoms with Crippen molar-refractivity contribution in [2.45, 2.75) is 13.8 Å². The number of carbonyl (C=O) groups is 1. The number of rotatable bonds is 4. The van der Waals surface area contributed by atoms with Crippen LogP contribution in [0.3, 0.4) is 0 Å². The van der Waals surface area contributed by atoms with E-state index in [-0.39, 0.29) is 0 Å². The van der Waals surface area contributed by atoms with Crippen molar-refractivity contribution in [1.82, 2.24) is 15.0 Å². The van der Waals surface area contributed by atoms with Gasteiger partial charge in [0.05, 0.1) is 30.0 Å². The Labute approximate surface area is 145 Å². The average Bonchev–Trinajstić information content (AvgIpc) is 2.60. The lowest BCUT2D eigenvalue weighted by Crippen LogP contribution is -2.20. The van der Waals surface area contributed by atoms with E-state index in [0.29, 0.717) is 23.0 Å². The molecule has 0 unspecified atom stereocenters. The molecule has 2 aromatic heterocycles. The first-order chi connectivity index (χ1) is 12.1. The van der Waals surface area contributed by atoms with E-state index in [0.717, 1.165) is 11.3 Å². The SMILES string of the molecule is Cc1ccc(Oc2cccnc2)c(NC(=O)Nc2cnc(C)cn2)c1. The third kappa shape index (κ3) is 4.51. The van der Waals surface area contributed by atoms with Crippen LogP contribution in [0.4, 0.5) is 16.3 Å². The van der Waals surface area contributed by atoms with Crippen LogP contribution in [0.2, 0.25) is 0 Å². The number of aromatic nitrogens is 3. The molecule has 0 aliphatic rings. The van der Waals surface area contributed by atoms with Crippen LogP contribution in [0.15, 0.2) is 55.1 Å². The second kappa shape index (κ2) is 7.39. The van der Waals surface area contributed by atoms with Gasteiger partial charge in [0.15, 0.2) is 11.6 Å². The number of ether oxygens (including phenoxy) is 1. The third-order valence-corrected chi connectivity index (χ3v) is 3.27. The fourth-order valence-electron chi connectivity index (χ4n) is 2.09. The topological polar surface area (TPSA) is 89.0 Å². The number of pyridine rings is 1. The molecule has 7 heteroatoms. The molecule has 1 aromatic carbocycles. The number of nitrogens with one attached hydrogen (secondary N) is 2. The van der Waals surface area contributed by atoms with Crippen LogP contribution in [0, 0.1) is 13.8 Å². The van der Waals surface area contributed by atoms with Crippen LogP contribution in [-0.2, 0) is 0 Å². The van der Waals surface area contributed by atoms with Gasteiger partial charge in [-0.1, -0.05) is 6.07 Å². The Morgan fingerprint density at radius 2 is 1.92 bits per heavy atom. The number of aryl methyl sites for hydroxylation is 2. The highest BCUT2D eigenvalue weighted by molar-refractivity contribution is 6.00. The van der Waals surface area contributed by atoms with Crippen molar-refractivity contribution in [1.29, 1.82) is 0 Å². The third-order valence-electron chi connectivity index (χ3n) is 3.27. The van der Waals surface area contributed by atoms with Crippen molar-refractivity contribution < 1.29 is 9.53 Å². The van der Waals surface area contributed by atoms with E-state index in [2.05, 4.69) is 25.6 Å². The first kappa shape index (κ1) is 16.4. The predicted octanol–water partition coefficient (Wildman–Crippen LogP) is 3.92. The van der Waals surface area contributed by atoms with Crippen molar-refractivity contribution >= 4 is 17.5 Å². The molecule has 3 rings (SSSR count). The van der Waals surface area contributed by atoms with Crippen LogP contribution >= 0.6 is 0 Å². The van der Waals surface area contributed by atoms with E-state index >= 15 is 0 Å². The van der Waals surface area contributed by atoms with E-state index in [1.165, 1.54) is 6.20 Å². The molecular weight excluding hydrogens is 318 g/mol.